The van der Waals surface area contributed by atoms with Gasteiger partial charge in [0.1, 0.15) is 11.5 Å². The predicted octanol–water partition coefficient (Wildman–Crippen LogP) is 3.57. The minimum Gasteiger partial charge on any atom is -0.494 e. The van der Waals surface area contributed by atoms with Crippen LogP contribution in [0.3, 0.4) is 0 Å². The number of aliphatic hydroxyl groups excluding tert-OH is 1. The van der Waals surface area contributed by atoms with Gasteiger partial charge in [0.2, 0.25) is 0 Å². The van der Waals surface area contributed by atoms with Gasteiger partial charge >= 0.3 is 0 Å². The number of pyridine rings is 3. The fourth-order valence-corrected chi connectivity index (χ4v) is 3.23. The molecule has 0 unspecified atom stereocenters. The van der Waals surface area contributed by atoms with Crippen LogP contribution in [0.2, 0.25) is 0 Å². The van der Waals surface area contributed by atoms with E-state index in [9.17, 15) is 10.0 Å². The standard InChI is InChI=1S/C23H27N5O4/c1-3-31-18-5-7-24-20(15-18)22-13-17(28(11-12-29)10-9-26-30)14-23(27-22)21-16-19(32-4-2)6-8-25-21/h5-8,13-16,29H,3-4,9-12H2,1-2H3. The number of aromatic nitrogens is 3. The Morgan fingerprint density at radius 2 is 1.44 bits per heavy atom. The molecule has 3 aromatic heterocycles. The normalized spacial score (nSPS) is 10.6. The van der Waals surface area contributed by atoms with Crippen LogP contribution >= 0.6 is 0 Å². The summed E-state index contributed by atoms with van der Waals surface area (Å²) in [5.74, 6) is 1.39. The maximum Gasteiger partial charge on any atom is 0.123 e. The molecule has 0 radical (unpaired) electrons. The Balaban J connectivity index is 2.11. The monoisotopic (exact) mass is 437 g/mol. The fraction of sp³-hybridized carbons (Fsp3) is 0.348. The van der Waals surface area contributed by atoms with Gasteiger partial charge in [-0.05, 0) is 38.1 Å². The molecule has 32 heavy (non-hydrogen) atoms. The van der Waals surface area contributed by atoms with Gasteiger partial charge in [-0.25, -0.2) is 4.98 Å². The second-order valence-corrected chi connectivity index (χ2v) is 6.78. The summed E-state index contributed by atoms with van der Waals surface area (Å²) in [4.78, 5) is 26.3. The van der Waals surface area contributed by atoms with Crippen LogP contribution in [0.4, 0.5) is 5.69 Å². The molecule has 0 atom stereocenters. The van der Waals surface area contributed by atoms with Crippen molar-refractivity contribution in [2.45, 2.75) is 13.8 Å². The SMILES string of the molecule is CCOc1ccnc(-c2cc(N(CCO)CCN=O)cc(-c3cc(OCC)ccn3)n2)c1. The first-order chi connectivity index (χ1) is 15.7. The molecule has 0 bridgehead atoms. The molecule has 0 saturated carbocycles. The number of nitroso groups, excluding NO2 is 1. The van der Waals surface area contributed by atoms with Crippen molar-refractivity contribution in [3.63, 3.8) is 0 Å². The second-order valence-electron chi connectivity index (χ2n) is 6.78. The molecule has 3 rings (SSSR count). The van der Waals surface area contributed by atoms with Crippen LogP contribution in [0, 0.1) is 4.91 Å². The van der Waals surface area contributed by atoms with Crippen LogP contribution in [-0.2, 0) is 0 Å². The molecule has 0 spiro atoms. The van der Waals surface area contributed by atoms with Crippen molar-refractivity contribution in [2.75, 3.05) is 44.4 Å². The van der Waals surface area contributed by atoms with E-state index in [4.69, 9.17) is 14.5 Å². The maximum absolute atomic E-state index is 10.7. The lowest BCUT2D eigenvalue weighted by molar-refractivity contribution is 0.302. The predicted molar refractivity (Wildman–Crippen MR) is 123 cm³/mol. The lowest BCUT2D eigenvalue weighted by Gasteiger charge is -2.24. The largest absolute Gasteiger partial charge is 0.494 e. The van der Waals surface area contributed by atoms with Crippen molar-refractivity contribution in [3.8, 4) is 34.3 Å². The topological polar surface area (TPSA) is 110 Å². The van der Waals surface area contributed by atoms with E-state index in [1.165, 1.54) is 0 Å². The van der Waals surface area contributed by atoms with Gasteiger partial charge in [0.05, 0.1) is 49.1 Å². The Hall–Kier alpha value is -3.59. The fourth-order valence-electron chi connectivity index (χ4n) is 3.23. The number of anilines is 1. The van der Waals surface area contributed by atoms with Gasteiger partial charge in [0.15, 0.2) is 0 Å². The smallest absolute Gasteiger partial charge is 0.123 e. The molecule has 0 amide bonds. The summed E-state index contributed by atoms with van der Waals surface area (Å²) in [6, 6.07) is 11.0. The van der Waals surface area contributed by atoms with Crippen molar-refractivity contribution in [2.24, 2.45) is 5.18 Å². The third kappa shape index (κ3) is 5.98. The number of hydrogen-bond donors (Lipinski definition) is 1. The molecule has 1 N–H and O–H groups in total. The van der Waals surface area contributed by atoms with Crippen LogP contribution < -0.4 is 14.4 Å². The lowest BCUT2D eigenvalue weighted by Crippen LogP contribution is -2.29. The quantitative estimate of drug-likeness (QED) is 0.428. The molecule has 3 heterocycles. The van der Waals surface area contributed by atoms with Crippen molar-refractivity contribution < 1.29 is 14.6 Å². The highest BCUT2D eigenvalue weighted by Crippen LogP contribution is 2.30. The van der Waals surface area contributed by atoms with E-state index in [1.54, 1.807) is 24.5 Å². The molecule has 0 saturated heterocycles. The van der Waals surface area contributed by atoms with Crippen molar-refractivity contribution in [1.29, 1.82) is 0 Å². The average Bonchev–Trinajstić information content (AvgIpc) is 2.82. The zero-order chi connectivity index (χ0) is 22.8. The van der Waals surface area contributed by atoms with E-state index >= 15 is 0 Å². The Labute approximate surface area is 187 Å². The minimum absolute atomic E-state index is 0.0675. The van der Waals surface area contributed by atoms with Gasteiger partial charge in [0.25, 0.3) is 0 Å². The van der Waals surface area contributed by atoms with Crippen LogP contribution in [-0.4, -0.2) is 59.5 Å². The third-order valence-electron chi connectivity index (χ3n) is 4.62. The summed E-state index contributed by atoms with van der Waals surface area (Å²) in [5.41, 5.74) is 3.28. The first-order valence-electron chi connectivity index (χ1n) is 10.5. The number of rotatable bonds is 12. The average molecular weight is 438 g/mol. The maximum atomic E-state index is 10.7. The first-order valence-corrected chi connectivity index (χ1v) is 10.5. The molecule has 0 aromatic carbocycles. The molecule has 0 fully saturated rings. The molecule has 0 aliphatic rings. The van der Waals surface area contributed by atoms with Crippen molar-refractivity contribution >= 4 is 5.69 Å². The Kier molecular flexibility index (Phi) is 8.44. The summed E-state index contributed by atoms with van der Waals surface area (Å²) in [5, 5.41) is 12.5. The van der Waals surface area contributed by atoms with Gasteiger partial charge in [-0.3, -0.25) is 9.97 Å². The first kappa shape index (κ1) is 23.1. The molecular formula is C23H27N5O4. The molecule has 9 nitrogen and oxygen atoms in total. The third-order valence-corrected chi connectivity index (χ3v) is 4.62. The Morgan fingerprint density at radius 3 is 1.91 bits per heavy atom. The number of nitrogens with zero attached hydrogens (tertiary/aromatic N) is 5. The van der Waals surface area contributed by atoms with E-state index in [2.05, 4.69) is 15.1 Å². The van der Waals surface area contributed by atoms with Gasteiger partial charge < -0.3 is 19.5 Å². The number of aliphatic hydroxyl groups is 1. The van der Waals surface area contributed by atoms with Crippen LogP contribution in [0.1, 0.15) is 13.8 Å². The summed E-state index contributed by atoms with van der Waals surface area (Å²) in [7, 11) is 0. The van der Waals surface area contributed by atoms with E-state index < -0.39 is 0 Å². The lowest BCUT2D eigenvalue weighted by atomic mass is 10.1. The molecule has 0 aliphatic heterocycles. The number of hydrogen-bond acceptors (Lipinski definition) is 9. The van der Waals surface area contributed by atoms with Crippen LogP contribution in [0.5, 0.6) is 11.5 Å². The van der Waals surface area contributed by atoms with Crippen molar-refractivity contribution in [3.05, 3.63) is 53.7 Å². The van der Waals surface area contributed by atoms with E-state index in [-0.39, 0.29) is 13.2 Å². The molecule has 3 aromatic rings. The zero-order valence-corrected chi connectivity index (χ0v) is 18.3. The zero-order valence-electron chi connectivity index (χ0n) is 18.3. The highest BCUT2D eigenvalue weighted by Gasteiger charge is 2.15. The number of ether oxygens (including phenoxy) is 2. The highest BCUT2D eigenvalue weighted by molar-refractivity contribution is 5.70. The molecule has 168 valence electrons. The Bertz CT molecular complexity index is 963. The van der Waals surface area contributed by atoms with Gasteiger partial charge in [-0.1, -0.05) is 5.18 Å². The second kappa shape index (κ2) is 11.7. The highest BCUT2D eigenvalue weighted by atomic mass is 16.5. The summed E-state index contributed by atoms with van der Waals surface area (Å²) in [6.45, 7) is 5.66. The molecule has 9 heteroatoms. The summed E-state index contributed by atoms with van der Waals surface area (Å²) in [6.07, 6.45) is 3.34. The van der Waals surface area contributed by atoms with Gasteiger partial charge in [-0.2, -0.15) is 4.91 Å². The van der Waals surface area contributed by atoms with Gasteiger partial charge in [-0.15, -0.1) is 0 Å². The van der Waals surface area contributed by atoms with Crippen LogP contribution in [0.15, 0.2) is 54.0 Å². The minimum atomic E-state index is -0.0675. The van der Waals surface area contributed by atoms with Crippen LogP contribution in [0.25, 0.3) is 22.8 Å². The van der Waals surface area contributed by atoms with Gasteiger partial charge in [0, 0.05) is 43.3 Å². The summed E-state index contributed by atoms with van der Waals surface area (Å²) >= 11 is 0. The molecule has 0 aliphatic carbocycles. The van der Waals surface area contributed by atoms with E-state index in [0.717, 1.165) is 5.69 Å². The Morgan fingerprint density at radius 1 is 0.875 bits per heavy atom. The van der Waals surface area contributed by atoms with E-state index in [0.29, 0.717) is 60.6 Å². The molecular weight excluding hydrogens is 410 g/mol. The van der Waals surface area contributed by atoms with Crippen molar-refractivity contribution in [1.82, 2.24) is 15.0 Å². The van der Waals surface area contributed by atoms with E-state index in [1.807, 2.05) is 43.0 Å². The summed E-state index contributed by atoms with van der Waals surface area (Å²) < 4.78 is 11.2.